The van der Waals surface area contributed by atoms with Gasteiger partial charge in [0.15, 0.2) is 0 Å². The summed E-state index contributed by atoms with van der Waals surface area (Å²) in [5.74, 6) is 1.38. The van der Waals surface area contributed by atoms with E-state index in [1.807, 2.05) is 13.8 Å². The highest BCUT2D eigenvalue weighted by Gasteiger charge is 2.33. The number of anilines is 1. The summed E-state index contributed by atoms with van der Waals surface area (Å²) in [4.78, 5) is 2.52. The van der Waals surface area contributed by atoms with Crippen molar-refractivity contribution in [2.75, 3.05) is 11.4 Å². The van der Waals surface area contributed by atoms with Gasteiger partial charge in [-0.05, 0) is 32.0 Å². The van der Waals surface area contributed by atoms with Gasteiger partial charge in [-0.1, -0.05) is 50.2 Å². The van der Waals surface area contributed by atoms with Gasteiger partial charge in [0.2, 0.25) is 0 Å². The fourth-order valence-electron chi connectivity index (χ4n) is 3.46. The van der Waals surface area contributed by atoms with E-state index in [9.17, 15) is 0 Å². The lowest BCUT2D eigenvalue weighted by atomic mass is 10.1. The number of fused-ring (bicyclic) bond motifs is 6. The summed E-state index contributed by atoms with van der Waals surface area (Å²) in [6.07, 6.45) is 0. The molecule has 3 aromatic rings. The number of benzene rings is 2. The third-order valence-electron chi connectivity index (χ3n) is 4.37. The van der Waals surface area contributed by atoms with Crippen LogP contribution in [0.2, 0.25) is 0 Å². The number of nitrogens with two attached hydrogens (primary N) is 1. The highest BCUT2D eigenvalue weighted by Crippen LogP contribution is 2.32. The molecule has 0 amide bonds. The normalized spacial score (nSPS) is 13.0. The summed E-state index contributed by atoms with van der Waals surface area (Å²) < 4.78 is 2.48. The standard InChI is InChI=1S/C18H19N2.C3H9N.BrH/c1-13(2)19-11-12-20-17-10-6-5-8-15(17)14-7-3-4-9-16(14)18(19)20;1-3(2)4;/h3-10,13H,11-12H2,1-2H3;3H,4H2,1-2H3;1H/q+1;;/p-1. The van der Waals surface area contributed by atoms with Crippen LogP contribution in [0.4, 0.5) is 5.82 Å². The van der Waals surface area contributed by atoms with E-state index in [2.05, 4.69) is 71.8 Å². The third kappa shape index (κ3) is 3.80. The Morgan fingerprint density at radius 1 is 0.880 bits per heavy atom. The van der Waals surface area contributed by atoms with Crippen LogP contribution in [0.1, 0.15) is 27.7 Å². The number of nitrogens with zero attached hydrogens (tertiary/aromatic N) is 2. The van der Waals surface area contributed by atoms with E-state index in [-0.39, 0.29) is 17.0 Å². The summed E-state index contributed by atoms with van der Waals surface area (Å²) in [5.41, 5.74) is 6.46. The Balaban J connectivity index is 0.000000411. The molecule has 4 rings (SSSR count). The third-order valence-corrected chi connectivity index (χ3v) is 4.37. The summed E-state index contributed by atoms with van der Waals surface area (Å²) in [7, 11) is 0. The highest BCUT2D eigenvalue weighted by atomic mass is 79.9. The second-order valence-corrected chi connectivity index (χ2v) is 7.07. The zero-order chi connectivity index (χ0) is 17.3. The smallest absolute Gasteiger partial charge is 0.285 e. The summed E-state index contributed by atoms with van der Waals surface area (Å²) in [6.45, 7) is 10.6. The zero-order valence-electron chi connectivity index (χ0n) is 15.5. The van der Waals surface area contributed by atoms with Crippen molar-refractivity contribution in [3.8, 4) is 0 Å². The Labute approximate surface area is 161 Å². The second kappa shape index (κ2) is 8.15. The minimum absolute atomic E-state index is 0. The Bertz CT molecular complexity index is 856. The number of rotatable bonds is 1. The Hall–Kier alpha value is -1.65. The molecular weight excluding hydrogens is 374 g/mol. The predicted molar refractivity (Wildman–Crippen MR) is 103 cm³/mol. The van der Waals surface area contributed by atoms with Gasteiger partial charge < -0.3 is 22.7 Å². The largest absolute Gasteiger partial charge is 1.00 e. The zero-order valence-corrected chi connectivity index (χ0v) is 17.1. The first-order valence-electron chi connectivity index (χ1n) is 8.86. The van der Waals surface area contributed by atoms with Gasteiger partial charge in [0.25, 0.3) is 5.82 Å². The molecule has 0 unspecified atom stereocenters. The second-order valence-electron chi connectivity index (χ2n) is 7.07. The first kappa shape index (κ1) is 19.7. The van der Waals surface area contributed by atoms with Crippen molar-refractivity contribution < 1.29 is 21.5 Å². The first-order chi connectivity index (χ1) is 11.5. The summed E-state index contributed by atoms with van der Waals surface area (Å²) in [6, 6.07) is 18.4. The van der Waals surface area contributed by atoms with E-state index >= 15 is 0 Å². The van der Waals surface area contributed by atoms with Crippen molar-refractivity contribution >= 4 is 27.5 Å². The van der Waals surface area contributed by atoms with E-state index in [4.69, 9.17) is 5.73 Å². The monoisotopic (exact) mass is 401 g/mol. The van der Waals surface area contributed by atoms with Gasteiger partial charge in [-0.2, -0.15) is 0 Å². The SMILES string of the molecule is CC(C)N.CC(C)N1CC[n+]2c1c1ccccc1c1ccccc12.[Br-]. The van der Waals surface area contributed by atoms with Crippen LogP contribution in [-0.4, -0.2) is 18.6 Å². The maximum atomic E-state index is 5.11. The molecule has 0 aliphatic carbocycles. The first-order valence-corrected chi connectivity index (χ1v) is 8.86. The van der Waals surface area contributed by atoms with Gasteiger partial charge in [0, 0.05) is 10.8 Å². The van der Waals surface area contributed by atoms with Crippen LogP contribution in [0, 0.1) is 0 Å². The molecule has 0 fully saturated rings. The maximum absolute atomic E-state index is 5.11. The van der Waals surface area contributed by atoms with E-state index in [1.165, 1.54) is 27.5 Å². The van der Waals surface area contributed by atoms with Crippen molar-refractivity contribution in [3.05, 3.63) is 48.5 Å². The fraction of sp³-hybridized carbons (Fsp3) is 0.381. The van der Waals surface area contributed by atoms with Gasteiger partial charge in [-0.25, -0.2) is 4.57 Å². The summed E-state index contributed by atoms with van der Waals surface area (Å²) >= 11 is 0. The van der Waals surface area contributed by atoms with Gasteiger partial charge >= 0.3 is 0 Å². The molecule has 1 aliphatic heterocycles. The Morgan fingerprint density at radius 2 is 1.40 bits per heavy atom. The van der Waals surface area contributed by atoms with Crippen molar-refractivity contribution in [3.63, 3.8) is 0 Å². The minimum atomic E-state index is 0. The van der Waals surface area contributed by atoms with Gasteiger partial charge in [-0.3, -0.25) is 4.90 Å². The molecule has 0 radical (unpaired) electrons. The molecule has 2 N–H and O–H groups in total. The molecule has 2 aromatic carbocycles. The molecular formula is C21H28BrN3. The molecule has 2 heterocycles. The minimum Gasteiger partial charge on any atom is -1.00 e. The lowest BCUT2D eigenvalue weighted by molar-refractivity contribution is -0.643. The van der Waals surface area contributed by atoms with Crippen molar-refractivity contribution in [2.45, 2.75) is 46.3 Å². The van der Waals surface area contributed by atoms with Gasteiger partial charge in [-0.15, -0.1) is 0 Å². The molecule has 134 valence electrons. The van der Waals surface area contributed by atoms with Gasteiger partial charge in [0.1, 0.15) is 18.6 Å². The topological polar surface area (TPSA) is 33.1 Å². The lowest BCUT2D eigenvalue weighted by Gasteiger charge is -2.17. The van der Waals surface area contributed by atoms with Crippen LogP contribution in [0.3, 0.4) is 0 Å². The van der Waals surface area contributed by atoms with Gasteiger partial charge in [0.05, 0.1) is 11.4 Å². The van der Waals surface area contributed by atoms with E-state index in [0.717, 1.165) is 13.1 Å². The molecule has 0 bridgehead atoms. The molecule has 4 heteroatoms. The molecule has 0 spiro atoms. The number of aromatic nitrogens is 1. The van der Waals surface area contributed by atoms with E-state index < -0.39 is 0 Å². The van der Waals surface area contributed by atoms with Crippen molar-refractivity contribution in [1.82, 2.24) is 0 Å². The van der Waals surface area contributed by atoms with Crippen LogP contribution in [-0.2, 0) is 6.54 Å². The number of halogens is 1. The molecule has 25 heavy (non-hydrogen) atoms. The van der Waals surface area contributed by atoms with E-state index in [1.54, 1.807) is 0 Å². The quantitative estimate of drug-likeness (QED) is 0.484. The molecule has 0 saturated heterocycles. The van der Waals surface area contributed by atoms with Crippen LogP contribution in [0.15, 0.2) is 48.5 Å². The number of para-hydroxylation sites is 1. The van der Waals surface area contributed by atoms with Crippen LogP contribution >= 0.6 is 0 Å². The van der Waals surface area contributed by atoms with Crippen molar-refractivity contribution in [1.29, 1.82) is 0 Å². The predicted octanol–water partition coefficient (Wildman–Crippen LogP) is 0.866. The van der Waals surface area contributed by atoms with E-state index in [0.29, 0.717) is 12.1 Å². The molecule has 0 atom stereocenters. The molecule has 1 aliphatic rings. The number of hydrogen-bond donors (Lipinski definition) is 1. The average molecular weight is 402 g/mol. The Kier molecular flexibility index (Phi) is 6.42. The highest BCUT2D eigenvalue weighted by molar-refractivity contribution is 6.08. The van der Waals surface area contributed by atoms with Crippen LogP contribution < -0.4 is 32.2 Å². The maximum Gasteiger partial charge on any atom is 0.285 e. The molecule has 3 nitrogen and oxygen atoms in total. The van der Waals surface area contributed by atoms with Crippen LogP contribution in [0.5, 0.6) is 0 Å². The number of pyridine rings is 1. The molecule has 1 aromatic heterocycles. The lowest BCUT2D eigenvalue weighted by Crippen LogP contribution is -3.00. The number of hydrogen-bond acceptors (Lipinski definition) is 2. The fourth-order valence-corrected chi connectivity index (χ4v) is 3.46. The molecule has 0 saturated carbocycles. The average Bonchev–Trinajstić information content (AvgIpc) is 3.00. The van der Waals surface area contributed by atoms with Crippen molar-refractivity contribution in [2.24, 2.45) is 5.73 Å². The Morgan fingerprint density at radius 3 is 2.00 bits per heavy atom. The van der Waals surface area contributed by atoms with Crippen LogP contribution in [0.25, 0.3) is 21.7 Å². The summed E-state index contributed by atoms with van der Waals surface area (Å²) in [5, 5.41) is 4.09.